The Kier molecular flexibility index (Phi) is 4.65. The quantitative estimate of drug-likeness (QED) is 0.716. The first-order valence-electron chi connectivity index (χ1n) is 8.56. The molecule has 0 aromatic carbocycles. The molecule has 1 fully saturated rings. The third-order valence-corrected chi connectivity index (χ3v) is 4.97. The molecule has 0 N–H and O–H groups in total. The van der Waals surface area contributed by atoms with E-state index in [1.165, 1.54) is 5.56 Å². The smallest absolute Gasteiger partial charge is 0.147 e. The van der Waals surface area contributed by atoms with Crippen molar-refractivity contribution in [3.05, 3.63) is 71.7 Å². The van der Waals surface area contributed by atoms with Gasteiger partial charge in [-0.25, -0.2) is 9.97 Å². The van der Waals surface area contributed by atoms with Crippen molar-refractivity contribution in [2.45, 2.75) is 25.3 Å². The van der Waals surface area contributed by atoms with E-state index in [9.17, 15) is 0 Å². The number of rotatable bonds is 4. The number of hydrogen-bond donors (Lipinski definition) is 0. The van der Waals surface area contributed by atoms with Crippen LogP contribution in [0.15, 0.2) is 55.2 Å². The Balaban J connectivity index is 1.54. The van der Waals surface area contributed by atoms with Gasteiger partial charge in [-0.05, 0) is 42.7 Å². The molecule has 0 bridgehead atoms. The molecule has 0 spiro atoms. The summed E-state index contributed by atoms with van der Waals surface area (Å²) in [7, 11) is 0. The Hall–Kier alpha value is -2.40. The summed E-state index contributed by atoms with van der Waals surface area (Å²) in [5, 5.41) is 0.711. The molecule has 4 heterocycles. The average molecular weight is 354 g/mol. The Bertz CT molecular complexity index is 833. The van der Waals surface area contributed by atoms with E-state index < -0.39 is 0 Å². The summed E-state index contributed by atoms with van der Waals surface area (Å²) >= 11 is 6.34. The molecule has 1 aliphatic rings. The molecule has 0 radical (unpaired) electrons. The second-order valence-corrected chi connectivity index (χ2v) is 6.77. The van der Waals surface area contributed by atoms with Crippen LogP contribution in [0.1, 0.15) is 30.1 Å². The number of imidazole rings is 1. The molecule has 1 saturated heterocycles. The van der Waals surface area contributed by atoms with Crippen LogP contribution in [0.5, 0.6) is 0 Å². The first-order chi connectivity index (χ1) is 12.3. The van der Waals surface area contributed by atoms with Crippen LogP contribution in [0.4, 0.5) is 5.82 Å². The molecular weight excluding hydrogens is 334 g/mol. The maximum atomic E-state index is 6.34. The van der Waals surface area contributed by atoms with Crippen molar-refractivity contribution < 1.29 is 0 Å². The van der Waals surface area contributed by atoms with Crippen LogP contribution in [0.25, 0.3) is 0 Å². The van der Waals surface area contributed by atoms with Crippen LogP contribution in [0, 0.1) is 0 Å². The lowest BCUT2D eigenvalue weighted by atomic mass is 9.97. The van der Waals surface area contributed by atoms with Gasteiger partial charge in [-0.1, -0.05) is 11.6 Å². The summed E-state index contributed by atoms with van der Waals surface area (Å²) in [6.07, 6.45) is 11.7. The van der Waals surface area contributed by atoms with Crippen LogP contribution in [-0.2, 0) is 6.54 Å². The van der Waals surface area contributed by atoms with Crippen molar-refractivity contribution in [1.29, 1.82) is 0 Å². The van der Waals surface area contributed by atoms with Crippen molar-refractivity contribution in [2.24, 2.45) is 0 Å². The summed E-state index contributed by atoms with van der Waals surface area (Å²) < 4.78 is 2.24. The predicted molar refractivity (Wildman–Crippen MR) is 99.0 cm³/mol. The number of hydrogen-bond acceptors (Lipinski definition) is 4. The van der Waals surface area contributed by atoms with Crippen molar-refractivity contribution >= 4 is 17.4 Å². The molecule has 0 saturated carbocycles. The number of anilines is 1. The molecule has 128 valence electrons. The minimum Gasteiger partial charge on any atom is -0.355 e. The third-order valence-electron chi connectivity index (χ3n) is 4.68. The molecule has 3 aromatic heterocycles. The molecule has 0 aliphatic carbocycles. The largest absolute Gasteiger partial charge is 0.355 e. The zero-order valence-corrected chi connectivity index (χ0v) is 14.7. The van der Waals surface area contributed by atoms with Crippen molar-refractivity contribution in [3.63, 3.8) is 0 Å². The summed E-state index contributed by atoms with van der Waals surface area (Å²) in [6, 6.07) is 7.86. The summed E-state index contributed by atoms with van der Waals surface area (Å²) in [5.41, 5.74) is 1.23. The lowest BCUT2D eigenvalue weighted by molar-refractivity contribution is 0.474. The first kappa shape index (κ1) is 16.1. The number of nitrogens with zero attached hydrogens (tertiary/aromatic N) is 5. The normalized spacial score (nSPS) is 17.6. The minimum absolute atomic E-state index is 0.378. The Morgan fingerprint density at radius 2 is 1.96 bits per heavy atom. The minimum atomic E-state index is 0.378. The highest BCUT2D eigenvalue weighted by atomic mass is 35.5. The maximum Gasteiger partial charge on any atom is 0.147 e. The van der Waals surface area contributed by atoms with Gasteiger partial charge >= 0.3 is 0 Å². The van der Waals surface area contributed by atoms with Gasteiger partial charge in [0.25, 0.3) is 0 Å². The van der Waals surface area contributed by atoms with Crippen molar-refractivity contribution in [1.82, 2.24) is 19.5 Å². The standard InChI is InChI=1S/C19H20ClN5/c20-17-4-1-7-22-19(17)24-11-2-3-16(14-24)18-23-10-12-25(18)13-15-5-8-21-9-6-15/h1,4-10,12,16H,2-3,11,13-14H2. The van der Waals surface area contributed by atoms with Gasteiger partial charge in [0.1, 0.15) is 11.6 Å². The van der Waals surface area contributed by atoms with E-state index >= 15 is 0 Å². The summed E-state index contributed by atoms with van der Waals surface area (Å²) in [5.74, 6) is 2.39. The monoisotopic (exact) mass is 353 g/mol. The molecule has 5 nitrogen and oxygen atoms in total. The van der Waals surface area contributed by atoms with Gasteiger partial charge in [-0.2, -0.15) is 0 Å². The average Bonchev–Trinajstić information content (AvgIpc) is 3.11. The highest BCUT2D eigenvalue weighted by Gasteiger charge is 2.26. The third kappa shape index (κ3) is 3.51. The van der Waals surface area contributed by atoms with Gasteiger partial charge in [0, 0.05) is 56.5 Å². The van der Waals surface area contributed by atoms with E-state index in [4.69, 9.17) is 11.6 Å². The molecule has 1 atom stereocenters. The van der Waals surface area contributed by atoms with E-state index in [1.54, 1.807) is 6.20 Å². The van der Waals surface area contributed by atoms with Gasteiger partial charge in [-0.15, -0.1) is 0 Å². The van der Waals surface area contributed by atoms with Gasteiger partial charge in [0.2, 0.25) is 0 Å². The number of piperidine rings is 1. The van der Waals surface area contributed by atoms with Crippen LogP contribution in [0.3, 0.4) is 0 Å². The van der Waals surface area contributed by atoms with E-state index in [0.29, 0.717) is 10.9 Å². The Morgan fingerprint density at radius 1 is 1.08 bits per heavy atom. The lowest BCUT2D eigenvalue weighted by Gasteiger charge is -2.33. The zero-order valence-electron chi connectivity index (χ0n) is 13.9. The second-order valence-electron chi connectivity index (χ2n) is 6.36. The second kappa shape index (κ2) is 7.23. The Morgan fingerprint density at radius 3 is 2.80 bits per heavy atom. The fourth-order valence-corrected chi connectivity index (χ4v) is 3.73. The zero-order chi connectivity index (χ0) is 17.1. The number of halogens is 1. The fourth-order valence-electron chi connectivity index (χ4n) is 3.49. The molecule has 0 amide bonds. The molecular formula is C19H20ClN5. The highest BCUT2D eigenvalue weighted by Crippen LogP contribution is 2.31. The van der Waals surface area contributed by atoms with E-state index in [-0.39, 0.29) is 0 Å². The van der Waals surface area contributed by atoms with E-state index in [1.807, 2.05) is 42.9 Å². The van der Waals surface area contributed by atoms with Gasteiger partial charge in [0.15, 0.2) is 0 Å². The van der Waals surface area contributed by atoms with Crippen molar-refractivity contribution in [2.75, 3.05) is 18.0 Å². The summed E-state index contributed by atoms with van der Waals surface area (Å²) in [6.45, 7) is 2.70. The molecule has 6 heteroatoms. The topological polar surface area (TPSA) is 46.8 Å². The lowest BCUT2D eigenvalue weighted by Crippen LogP contribution is -2.36. The molecule has 1 unspecified atom stereocenters. The molecule has 25 heavy (non-hydrogen) atoms. The molecule has 3 aromatic rings. The molecule has 4 rings (SSSR count). The Labute approximate surface area is 152 Å². The van der Waals surface area contributed by atoms with Gasteiger partial charge in [0.05, 0.1) is 5.02 Å². The van der Waals surface area contributed by atoms with E-state index in [2.05, 4.69) is 30.6 Å². The summed E-state index contributed by atoms with van der Waals surface area (Å²) in [4.78, 5) is 15.5. The van der Waals surface area contributed by atoms with Crippen molar-refractivity contribution in [3.8, 4) is 0 Å². The van der Waals surface area contributed by atoms with E-state index in [0.717, 1.165) is 44.1 Å². The fraction of sp³-hybridized carbons (Fsp3) is 0.316. The number of pyridine rings is 2. The van der Waals surface area contributed by atoms with Crippen LogP contribution >= 0.6 is 11.6 Å². The highest BCUT2D eigenvalue weighted by molar-refractivity contribution is 6.32. The van der Waals surface area contributed by atoms with Gasteiger partial charge < -0.3 is 9.47 Å². The SMILES string of the molecule is Clc1cccnc1N1CCCC(c2nccn2Cc2ccncc2)C1. The van der Waals surface area contributed by atoms with Gasteiger partial charge in [-0.3, -0.25) is 4.98 Å². The first-order valence-corrected chi connectivity index (χ1v) is 8.94. The molecule has 1 aliphatic heterocycles. The maximum absolute atomic E-state index is 6.34. The van der Waals surface area contributed by atoms with Crippen LogP contribution < -0.4 is 4.90 Å². The van der Waals surface area contributed by atoms with Crippen LogP contribution in [0.2, 0.25) is 5.02 Å². The number of aromatic nitrogens is 4. The predicted octanol–water partition coefficient (Wildman–Crippen LogP) is 3.76. The van der Waals surface area contributed by atoms with Crippen LogP contribution in [-0.4, -0.2) is 32.6 Å².